The molecule has 0 aromatic carbocycles. The third-order valence-corrected chi connectivity index (χ3v) is 4.14. The van der Waals surface area contributed by atoms with Crippen LogP contribution in [0.3, 0.4) is 0 Å². The zero-order valence-electron chi connectivity index (χ0n) is 12.7. The van der Waals surface area contributed by atoms with E-state index in [1.54, 1.807) is 4.90 Å². The first-order chi connectivity index (χ1) is 9.40. The van der Waals surface area contributed by atoms with Crippen LogP contribution < -0.4 is 0 Å². The van der Waals surface area contributed by atoms with Crippen molar-refractivity contribution in [2.45, 2.75) is 38.8 Å². The fraction of sp³-hybridized carbons (Fsp3) is 0.714. The van der Waals surface area contributed by atoms with Crippen LogP contribution in [-0.4, -0.2) is 70.3 Å². The fourth-order valence-corrected chi connectivity index (χ4v) is 2.81. The number of aromatic amines is 1. The molecule has 0 saturated carbocycles. The van der Waals surface area contributed by atoms with Gasteiger partial charge in [-0.25, -0.2) is 0 Å². The van der Waals surface area contributed by atoms with Crippen molar-refractivity contribution >= 4 is 5.91 Å². The van der Waals surface area contributed by atoms with Crippen molar-refractivity contribution in [3.63, 3.8) is 0 Å². The van der Waals surface area contributed by atoms with Gasteiger partial charge in [0.15, 0.2) is 0 Å². The van der Waals surface area contributed by atoms with Gasteiger partial charge in [0.1, 0.15) is 0 Å². The maximum Gasteiger partial charge on any atom is 0.223 e. The van der Waals surface area contributed by atoms with Crippen molar-refractivity contribution in [3.05, 3.63) is 17.0 Å². The Balaban J connectivity index is 1.90. The summed E-state index contributed by atoms with van der Waals surface area (Å²) in [6.07, 6.45) is 0.715. The van der Waals surface area contributed by atoms with Gasteiger partial charge in [0.25, 0.3) is 0 Å². The number of amides is 1. The van der Waals surface area contributed by atoms with E-state index in [0.29, 0.717) is 25.9 Å². The molecular weight excluding hydrogens is 256 g/mol. The van der Waals surface area contributed by atoms with Gasteiger partial charge >= 0.3 is 0 Å². The van der Waals surface area contributed by atoms with Gasteiger partial charge in [-0.15, -0.1) is 0 Å². The monoisotopic (exact) mass is 280 g/mol. The Bertz CT molecular complexity index is 464. The average Bonchev–Trinajstić information content (AvgIpc) is 2.91. The number of likely N-dealkylation sites (N-methyl/N-ethyl adjacent to an activating group) is 1. The zero-order valence-corrected chi connectivity index (χ0v) is 12.7. The van der Waals surface area contributed by atoms with E-state index in [-0.39, 0.29) is 11.9 Å². The van der Waals surface area contributed by atoms with E-state index in [9.17, 15) is 9.90 Å². The minimum Gasteiger partial charge on any atom is -0.390 e. The summed E-state index contributed by atoms with van der Waals surface area (Å²) in [5.41, 5.74) is 3.12. The Morgan fingerprint density at radius 1 is 1.45 bits per heavy atom. The Kier molecular flexibility index (Phi) is 4.45. The molecule has 1 aliphatic rings. The predicted molar refractivity (Wildman–Crippen MR) is 76.4 cm³/mol. The molecule has 1 aromatic rings. The summed E-state index contributed by atoms with van der Waals surface area (Å²) < 4.78 is 0. The maximum absolute atomic E-state index is 12.2. The van der Waals surface area contributed by atoms with Crippen LogP contribution in [-0.2, 0) is 11.2 Å². The van der Waals surface area contributed by atoms with Crippen molar-refractivity contribution in [3.8, 4) is 0 Å². The minimum absolute atomic E-state index is 0.0383. The molecule has 1 aliphatic heterocycles. The van der Waals surface area contributed by atoms with E-state index in [1.165, 1.54) is 0 Å². The van der Waals surface area contributed by atoms with Crippen LogP contribution in [0, 0.1) is 13.8 Å². The van der Waals surface area contributed by atoms with Gasteiger partial charge in [-0.05, 0) is 39.9 Å². The first kappa shape index (κ1) is 15.0. The number of hydrogen-bond donors (Lipinski definition) is 2. The average molecular weight is 280 g/mol. The van der Waals surface area contributed by atoms with Crippen molar-refractivity contribution in [1.82, 2.24) is 20.0 Å². The van der Waals surface area contributed by atoms with E-state index in [0.717, 1.165) is 17.0 Å². The molecule has 2 atom stereocenters. The number of nitrogens with one attached hydrogen (secondary N) is 1. The number of aromatic nitrogens is 2. The third kappa shape index (κ3) is 3.02. The minimum atomic E-state index is -0.452. The van der Waals surface area contributed by atoms with Gasteiger partial charge in [-0.2, -0.15) is 5.10 Å². The Morgan fingerprint density at radius 2 is 2.15 bits per heavy atom. The number of H-pyrrole nitrogens is 1. The molecule has 0 unspecified atom stereocenters. The number of nitrogens with zero attached hydrogens (tertiary/aromatic N) is 3. The summed E-state index contributed by atoms with van der Waals surface area (Å²) in [5.74, 6) is 0.105. The Morgan fingerprint density at radius 3 is 2.65 bits per heavy atom. The molecule has 6 nitrogen and oxygen atoms in total. The van der Waals surface area contributed by atoms with E-state index < -0.39 is 6.10 Å². The predicted octanol–water partition coefficient (Wildman–Crippen LogP) is 0.0924. The molecule has 0 radical (unpaired) electrons. The summed E-state index contributed by atoms with van der Waals surface area (Å²) >= 11 is 0. The van der Waals surface area contributed by atoms with Crippen LogP contribution in [0.15, 0.2) is 0 Å². The summed E-state index contributed by atoms with van der Waals surface area (Å²) in [5, 5.41) is 17.0. The first-order valence-electron chi connectivity index (χ1n) is 7.03. The molecule has 2 heterocycles. The molecule has 0 bridgehead atoms. The largest absolute Gasteiger partial charge is 0.390 e. The van der Waals surface area contributed by atoms with E-state index in [2.05, 4.69) is 10.2 Å². The van der Waals surface area contributed by atoms with Crippen molar-refractivity contribution in [2.24, 2.45) is 0 Å². The zero-order chi connectivity index (χ0) is 14.9. The number of β-amino-alcohol motifs (C(OH)–C–C–N with tert-alkyl or cyclic N) is 1. The second-order valence-corrected chi connectivity index (χ2v) is 5.81. The van der Waals surface area contributed by atoms with Gasteiger partial charge in [0.05, 0.1) is 17.8 Å². The number of aliphatic hydroxyl groups excluding tert-OH is 1. The van der Waals surface area contributed by atoms with Crippen molar-refractivity contribution in [2.75, 3.05) is 27.2 Å². The molecule has 2 rings (SSSR count). The molecule has 2 N–H and O–H groups in total. The van der Waals surface area contributed by atoms with Crippen molar-refractivity contribution in [1.29, 1.82) is 0 Å². The van der Waals surface area contributed by atoms with Crippen LogP contribution in [0.5, 0.6) is 0 Å². The van der Waals surface area contributed by atoms with E-state index >= 15 is 0 Å². The van der Waals surface area contributed by atoms with Crippen LogP contribution in [0.4, 0.5) is 0 Å². The molecule has 1 amide bonds. The van der Waals surface area contributed by atoms with E-state index in [1.807, 2.05) is 32.8 Å². The second-order valence-electron chi connectivity index (χ2n) is 5.81. The second kappa shape index (κ2) is 5.93. The smallest absolute Gasteiger partial charge is 0.223 e. The van der Waals surface area contributed by atoms with Gasteiger partial charge in [0, 0.05) is 25.2 Å². The number of likely N-dealkylation sites (tertiary alicyclic amines) is 1. The van der Waals surface area contributed by atoms with Crippen LogP contribution in [0.25, 0.3) is 0 Å². The quantitative estimate of drug-likeness (QED) is 0.820. The lowest BCUT2D eigenvalue weighted by Gasteiger charge is -2.21. The summed E-state index contributed by atoms with van der Waals surface area (Å²) in [6, 6.07) is 0.0383. The summed E-state index contributed by atoms with van der Waals surface area (Å²) in [4.78, 5) is 16.0. The topological polar surface area (TPSA) is 72.5 Å². The first-order valence-corrected chi connectivity index (χ1v) is 7.03. The molecule has 0 aliphatic carbocycles. The molecule has 1 aromatic heterocycles. The fourth-order valence-electron chi connectivity index (χ4n) is 2.81. The highest BCUT2D eigenvalue weighted by molar-refractivity contribution is 5.77. The third-order valence-electron chi connectivity index (χ3n) is 4.14. The number of aliphatic hydroxyl groups is 1. The van der Waals surface area contributed by atoms with Gasteiger partial charge in [-0.3, -0.25) is 9.89 Å². The van der Waals surface area contributed by atoms with Crippen LogP contribution >= 0.6 is 0 Å². The summed E-state index contributed by atoms with van der Waals surface area (Å²) in [7, 11) is 3.86. The number of carbonyl (C=O) groups is 1. The van der Waals surface area contributed by atoms with Gasteiger partial charge in [-0.1, -0.05) is 0 Å². The summed E-state index contributed by atoms with van der Waals surface area (Å²) in [6.45, 7) is 4.97. The Labute approximate surface area is 119 Å². The number of rotatable bonds is 4. The molecule has 1 saturated heterocycles. The molecule has 0 spiro atoms. The molecule has 20 heavy (non-hydrogen) atoms. The normalized spacial score (nSPS) is 22.8. The highest BCUT2D eigenvalue weighted by atomic mass is 16.3. The van der Waals surface area contributed by atoms with Gasteiger partial charge < -0.3 is 14.9 Å². The van der Waals surface area contributed by atoms with Crippen LogP contribution in [0.2, 0.25) is 0 Å². The highest BCUT2D eigenvalue weighted by Crippen LogP contribution is 2.17. The number of aryl methyl sites for hydroxylation is 2. The van der Waals surface area contributed by atoms with Crippen LogP contribution in [0.1, 0.15) is 23.4 Å². The van der Waals surface area contributed by atoms with E-state index in [4.69, 9.17) is 0 Å². The molecule has 112 valence electrons. The standard InChI is InChI=1S/C14H24N4O2/c1-9-11(10(2)16-15-9)5-6-14(20)18-7-12(17(3)4)13(19)8-18/h12-13,19H,5-8H2,1-4H3,(H,15,16)/t12-,13-/m1/s1. The SMILES string of the molecule is Cc1n[nH]c(C)c1CCC(=O)N1C[C@@H](O)[C@H](N(C)C)C1. The maximum atomic E-state index is 12.2. The molecule has 6 heteroatoms. The lowest BCUT2D eigenvalue weighted by molar-refractivity contribution is -0.130. The lowest BCUT2D eigenvalue weighted by atomic mass is 10.1. The van der Waals surface area contributed by atoms with Crippen molar-refractivity contribution < 1.29 is 9.90 Å². The molecule has 1 fully saturated rings. The Hall–Kier alpha value is -1.40. The lowest BCUT2D eigenvalue weighted by Crippen LogP contribution is -2.38. The highest BCUT2D eigenvalue weighted by Gasteiger charge is 2.34. The van der Waals surface area contributed by atoms with Gasteiger partial charge in [0.2, 0.25) is 5.91 Å². The molecular formula is C14H24N4O2. The number of hydrogen-bond acceptors (Lipinski definition) is 4. The number of carbonyl (C=O) groups excluding carboxylic acids is 1.